The quantitative estimate of drug-likeness (QED) is 0.504. The highest BCUT2D eigenvalue weighted by atomic mass is 16.6. The van der Waals surface area contributed by atoms with Gasteiger partial charge >= 0.3 is 12.1 Å². The van der Waals surface area contributed by atoms with Gasteiger partial charge in [-0.25, -0.2) is 9.59 Å². The molecule has 0 radical (unpaired) electrons. The van der Waals surface area contributed by atoms with E-state index in [1.54, 1.807) is 27.7 Å². The SMILES string of the molecule is CCOC(=O)C1=C[C@H](NC(=O)OC(C)(C)C)[C@@H](NC(C)=O)[C@H](OC(CC)CC)[C@H]1O. The van der Waals surface area contributed by atoms with E-state index in [9.17, 15) is 19.5 Å². The fourth-order valence-corrected chi connectivity index (χ4v) is 3.22. The molecule has 0 unspecified atom stereocenters. The van der Waals surface area contributed by atoms with Crippen molar-refractivity contribution in [1.82, 2.24) is 10.6 Å². The van der Waals surface area contributed by atoms with Crippen LogP contribution in [0.3, 0.4) is 0 Å². The molecule has 3 N–H and O–H groups in total. The zero-order valence-electron chi connectivity index (χ0n) is 19.0. The van der Waals surface area contributed by atoms with Crippen LogP contribution in [0.5, 0.6) is 0 Å². The van der Waals surface area contributed by atoms with Gasteiger partial charge in [0.05, 0.1) is 30.4 Å². The Morgan fingerprint density at radius 3 is 2.20 bits per heavy atom. The van der Waals surface area contributed by atoms with Crippen LogP contribution >= 0.6 is 0 Å². The van der Waals surface area contributed by atoms with Gasteiger partial charge in [-0.1, -0.05) is 13.8 Å². The van der Waals surface area contributed by atoms with Crippen molar-refractivity contribution in [2.24, 2.45) is 0 Å². The highest BCUT2D eigenvalue weighted by molar-refractivity contribution is 5.90. The summed E-state index contributed by atoms with van der Waals surface area (Å²) < 4.78 is 16.4. The number of carbonyl (C=O) groups is 3. The number of rotatable bonds is 8. The molecular formula is C21H36N2O7. The fraction of sp³-hybridized carbons (Fsp3) is 0.762. The minimum Gasteiger partial charge on any atom is -0.463 e. The molecule has 1 aliphatic carbocycles. The van der Waals surface area contributed by atoms with Crippen LogP contribution in [0, 0.1) is 0 Å². The Kier molecular flexibility index (Phi) is 9.77. The summed E-state index contributed by atoms with van der Waals surface area (Å²) in [7, 11) is 0. The van der Waals surface area contributed by atoms with Gasteiger partial charge in [-0.2, -0.15) is 0 Å². The smallest absolute Gasteiger partial charge is 0.408 e. The van der Waals surface area contributed by atoms with E-state index in [4.69, 9.17) is 14.2 Å². The number of hydrogen-bond acceptors (Lipinski definition) is 7. The van der Waals surface area contributed by atoms with Crippen molar-refractivity contribution in [3.8, 4) is 0 Å². The largest absolute Gasteiger partial charge is 0.463 e. The van der Waals surface area contributed by atoms with E-state index in [0.29, 0.717) is 12.8 Å². The average Bonchev–Trinajstić information content (AvgIpc) is 2.61. The molecule has 0 aromatic rings. The van der Waals surface area contributed by atoms with Gasteiger partial charge in [-0.15, -0.1) is 0 Å². The molecule has 0 aromatic carbocycles. The molecule has 9 nitrogen and oxygen atoms in total. The van der Waals surface area contributed by atoms with Gasteiger partial charge in [-0.05, 0) is 46.6 Å². The molecule has 1 aliphatic rings. The number of aliphatic hydroxyl groups excluding tert-OH is 1. The lowest BCUT2D eigenvalue weighted by molar-refractivity contribution is -0.144. The first-order valence-corrected chi connectivity index (χ1v) is 10.4. The summed E-state index contributed by atoms with van der Waals surface area (Å²) in [6.45, 7) is 12.2. The van der Waals surface area contributed by atoms with Crippen molar-refractivity contribution < 1.29 is 33.7 Å². The van der Waals surface area contributed by atoms with Crippen LogP contribution < -0.4 is 10.6 Å². The lowest BCUT2D eigenvalue weighted by atomic mass is 9.85. The van der Waals surface area contributed by atoms with E-state index >= 15 is 0 Å². The normalized spacial score (nSPS) is 24.1. The third-order valence-corrected chi connectivity index (χ3v) is 4.55. The summed E-state index contributed by atoms with van der Waals surface area (Å²) in [6, 6.07) is -1.67. The molecule has 0 fully saturated rings. The Hall–Kier alpha value is -2.13. The molecule has 0 saturated heterocycles. The van der Waals surface area contributed by atoms with E-state index < -0.39 is 42.0 Å². The number of nitrogens with one attached hydrogen (secondary N) is 2. The third-order valence-electron chi connectivity index (χ3n) is 4.55. The summed E-state index contributed by atoms with van der Waals surface area (Å²) in [6.07, 6.45) is -0.490. The first-order valence-electron chi connectivity index (χ1n) is 10.4. The zero-order valence-corrected chi connectivity index (χ0v) is 19.0. The van der Waals surface area contributed by atoms with E-state index in [1.807, 2.05) is 13.8 Å². The maximum absolute atomic E-state index is 12.4. The van der Waals surface area contributed by atoms with Crippen LogP contribution in [0.15, 0.2) is 11.6 Å². The summed E-state index contributed by atoms with van der Waals surface area (Å²) in [5.41, 5.74) is -0.767. The summed E-state index contributed by atoms with van der Waals surface area (Å²) in [5.74, 6) is -1.07. The monoisotopic (exact) mass is 428 g/mol. The standard InChI is InChI=1S/C21H36N2O7/c1-8-13(9-2)29-18-16(22-12(4)24)15(23-20(27)30-21(5,6)7)11-14(17(18)25)19(26)28-10-3/h11,13,15-18,25H,8-10H2,1-7H3,(H,22,24)(H,23,27)/t15-,16+,17-,18-/m0/s1. The Morgan fingerprint density at radius 1 is 1.13 bits per heavy atom. The Labute approximate surface area is 178 Å². The molecule has 1 rings (SSSR count). The topological polar surface area (TPSA) is 123 Å². The fourth-order valence-electron chi connectivity index (χ4n) is 3.22. The predicted molar refractivity (Wildman–Crippen MR) is 111 cm³/mol. The van der Waals surface area contributed by atoms with Crippen LogP contribution in [0.1, 0.15) is 61.3 Å². The number of alkyl carbamates (subject to hydrolysis) is 1. The number of amides is 2. The van der Waals surface area contributed by atoms with Crippen LogP contribution in [-0.2, 0) is 23.8 Å². The first kappa shape index (κ1) is 25.9. The first-order chi connectivity index (χ1) is 13.9. The average molecular weight is 429 g/mol. The van der Waals surface area contributed by atoms with Gasteiger partial charge in [0.2, 0.25) is 5.91 Å². The summed E-state index contributed by atoms with van der Waals surface area (Å²) in [5, 5.41) is 16.3. The second kappa shape index (κ2) is 11.3. The Morgan fingerprint density at radius 2 is 1.73 bits per heavy atom. The molecule has 0 heterocycles. The minimum absolute atomic E-state index is 0.0320. The second-order valence-corrected chi connectivity index (χ2v) is 8.22. The number of aliphatic hydroxyl groups is 1. The van der Waals surface area contributed by atoms with Crippen molar-refractivity contribution in [2.75, 3.05) is 6.61 Å². The maximum Gasteiger partial charge on any atom is 0.408 e. The molecule has 30 heavy (non-hydrogen) atoms. The molecule has 0 aromatic heterocycles. The molecular weight excluding hydrogens is 392 g/mol. The summed E-state index contributed by atoms with van der Waals surface area (Å²) >= 11 is 0. The van der Waals surface area contributed by atoms with Crippen molar-refractivity contribution in [2.45, 2.75) is 97.3 Å². The van der Waals surface area contributed by atoms with Gasteiger partial charge in [0.25, 0.3) is 0 Å². The minimum atomic E-state index is -1.34. The summed E-state index contributed by atoms with van der Waals surface area (Å²) in [4.78, 5) is 36.7. The number of ether oxygens (including phenoxy) is 3. The lowest BCUT2D eigenvalue weighted by Crippen LogP contribution is -2.63. The molecule has 4 atom stereocenters. The number of hydrogen-bond donors (Lipinski definition) is 3. The van der Waals surface area contributed by atoms with Gasteiger partial charge in [0.1, 0.15) is 17.8 Å². The van der Waals surface area contributed by atoms with Gasteiger partial charge in [0.15, 0.2) is 0 Å². The van der Waals surface area contributed by atoms with Crippen LogP contribution in [0.4, 0.5) is 4.79 Å². The molecule has 0 spiro atoms. The van der Waals surface area contributed by atoms with Gasteiger partial charge < -0.3 is 30.0 Å². The molecule has 9 heteroatoms. The van der Waals surface area contributed by atoms with E-state index in [1.165, 1.54) is 13.0 Å². The molecule has 0 saturated carbocycles. The van der Waals surface area contributed by atoms with Crippen LogP contribution in [-0.4, -0.2) is 65.7 Å². The number of carbonyl (C=O) groups excluding carboxylic acids is 3. The highest BCUT2D eigenvalue weighted by Crippen LogP contribution is 2.27. The van der Waals surface area contributed by atoms with Crippen LogP contribution in [0.25, 0.3) is 0 Å². The Balaban J connectivity index is 3.34. The molecule has 0 aliphatic heterocycles. The van der Waals surface area contributed by atoms with Crippen molar-refractivity contribution in [3.63, 3.8) is 0 Å². The third kappa shape index (κ3) is 7.60. The number of esters is 1. The van der Waals surface area contributed by atoms with Gasteiger partial charge in [-0.3, -0.25) is 4.79 Å². The lowest BCUT2D eigenvalue weighted by Gasteiger charge is -2.41. The van der Waals surface area contributed by atoms with E-state index in [2.05, 4.69) is 10.6 Å². The molecule has 172 valence electrons. The van der Waals surface area contributed by atoms with Gasteiger partial charge in [0, 0.05) is 6.92 Å². The highest BCUT2D eigenvalue weighted by Gasteiger charge is 2.45. The Bertz CT molecular complexity index is 638. The predicted octanol–water partition coefficient (Wildman–Crippen LogP) is 1.82. The van der Waals surface area contributed by atoms with Crippen molar-refractivity contribution in [3.05, 3.63) is 11.6 Å². The van der Waals surface area contributed by atoms with E-state index in [-0.39, 0.29) is 24.2 Å². The van der Waals surface area contributed by atoms with Crippen molar-refractivity contribution in [1.29, 1.82) is 0 Å². The molecule has 0 bridgehead atoms. The molecule has 2 amide bonds. The zero-order chi connectivity index (χ0) is 23.1. The van der Waals surface area contributed by atoms with E-state index in [0.717, 1.165) is 0 Å². The maximum atomic E-state index is 12.4. The second-order valence-electron chi connectivity index (χ2n) is 8.22. The van der Waals surface area contributed by atoms with Crippen molar-refractivity contribution >= 4 is 18.0 Å². The van der Waals surface area contributed by atoms with Crippen LogP contribution in [0.2, 0.25) is 0 Å².